The standard InChI is InChI=1S/C21H18FN3/c1-3-19-24-20(15-6-8-17(22)13(2)11-15)21(25-19)16-7-9-18-14(12-16)5-4-10-23-18/h4-12H,3H2,1-2H3,(H,24,25). The first kappa shape index (κ1) is 15.5. The van der Waals surface area contributed by atoms with Gasteiger partial charge in [-0.3, -0.25) is 4.98 Å². The van der Waals surface area contributed by atoms with Crippen LogP contribution in [0.15, 0.2) is 54.7 Å². The largest absolute Gasteiger partial charge is 0.341 e. The average Bonchev–Trinajstić information content (AvgIpc) is 3.08. The van der Waals surface area contributed by atoms with Gasteiger partial charge in [-0.1, -0.05) is 19.1 Å². The number of aromatic nitrogens is 3. The Labute approximate surface area is 145 Å². The first-order valence-corrected chi connectivity index (χ1v) is 8.36. The van der Waals surface area contributed by atoms with Crippen LogP contribution in [0.2, 0.25) is 0 Å². The summed E-state index contributed by atoms with van der Waals surface area (Å²) in [7, 11) is 0. The SMILES string of the molecule is CCc1nc(-c2ccc(F)c(C)c2)c(-c2ccc3ncccc3c2)[nH]1. The highest BCUT2D eigenvalue weighted by atomic mass is 19.1. The highest BCUT2D eigenvalue weighted by Gasteiger charge is 2.15. The first-order valence-electron chi connectivity index (χ1n) is 8.36. The van der Waals surface area contributed by atoms with Gasteiger partial charge in [0.2, 0.25) is 0 Å². The highest BCUT2D eigenvalue weighted by molar-refractivity contribution is 5.87. The van der Waals surface area contributed by atoms with E-state index in [4.69, 9.17) is 4.98 Å². The maximum atomic E-state index is 13.6. The van der Waals surface area contributed by atoms with Crippen LogP contribution in [0.5, 0.6) is 0 Å². The molecule has 2 aromatic carbocycles. The predicted molar refractivity (Wildman–Crippen MR) is 98.8 cm³/mol. The van der Waals surface area contributed by atoms with Crippen LogP contribution in [0.1, 0.15) is 18.3 Å². The molecule has 0 fully saturated rings. The minimum atomic E-state index is -0.201. The Morgan fingerprint density at radius 2 is 1.88 bits per heavy atom. The van der Waals surface area contributed by atoms with E-state index in [0.717, 1.165) is 45.7 Å². The molecule has 1 N–H and O–H groups in total. The van der Waals surface area contributed by atoms with Crippen molar-refractivity contribution in [3.8, 4) is 22.5 Å². The maximum absolute atomic E-state index is 13.6. The number of imidazole rings is 1. The fraction of sp³-hybridized carbons (Fsp3) is 0.143. The second-order valence-corrected chi connectivity index (χ2v) is 6.14. The van der Waals surface area contributed by atoms with E-state index in [-0.39, 0.29) is 5.82 Å². The van der Waals surface area contributed by atoms with Crippen molar-refractivity contribution in [1.82, 2.24) is 15.0 Å². The Kier molecular flexibility index (Phi) is 3.80. The summed E-state index contributed by atoms with van der Waals surface area (Å²) < 4.78 is 13.6. The van der Waals surface area contributed by atoms with Crippen LogP contribution < -0.4 is 0 Å². The summed E-state index contributed by atoms with van der Waals surface area (Å²) >= 11 is 0. The zero-order valence-corrected chi connectivity index (χ0v) is 14.2. The average molecular weight is 331 g/mol. The molecule has 4 heteroatoms. The number of aromatic amines is 1. The van der Waals surface area contributed by atoms with E-state index in [1.165, 1.54) is 6.07 Å². The van der Waals surface area contributed by atoms with E-state index in [0.29, 0.717) is 5.56 Å². The molecule has 0 atom stereocenters. The van der Waals surface area contributed by atoms with Gasteiger partial charge in [0, 0.05) is 29.1 Å². The van der Waals surface area contributed by atoms with E-state index in [1.807, 2.05) is 30.3 Å². The number of fused-ring (bicyclic) bond motifs is 1. The lowest BCUT2D eigenvalue weighted by Gasteiger charge is -2.06. The molecule has 3 nitrogen and oxygen atoms in total. The van der Waals surface area contributed by atoms with E-state index in [1.54, 1.807) is 19.2 Å². The van der Waals surface area contributed by atoms with Crippen molar-refractivity contribution in [2.75, 3.05) is 0 Å². The molecule has 2 heterocycles. The third kappa shape index (κ3) is 2.80. The fourth-order valence-corrected chi connectivity index (χ4v) is 3.03. The minimum absolute atomic E-state index is 0.201. The van der Waals surface area contributed by atoms with Gasteiger partial charge < -0.3 is 4.98 Å². The van der Waals surface area contributed by atoms with Gasteiger partial charge in [0.25, 0.3) is 0 Å². The summed E-state index contributed by atoms with van der Waals surface area (Å²) in [6.45, 7) is 3.83. The van der Waals surface area contributed by atoms with Gasteiger partial charge >= 0.3 is 0 Å². The molecule has 0 saturated carbocycles. The number of H-pyrrole nitrogens is 1. The van der Waals surface area contributed by atoms with Crippen LogP contribution in [0.3, 0.4) is 0 Å². The molecule has 4 aromatic rings. The second kappa shape index (κ2) is 6.13. The number of halogens is 1. The van der Waals surface area contributed by atoms with Crippen molar-refractivity contribution in [1.29, 1.82) is 0 Å². The van der Waals surface area contributed by atoms with Gasteiger partial charge in [0.05, 0.1) is 16.9 Å². The van der Waals surface area contributed by atoms with Crippen LogP contribution in [-0.2, 0) is 6.42 Å². The van der Waals surface area contributed by atoms with E-state index < -0.39 is 0 Å². The molecule has 0 bridgehead atoms. The summed E-state index contributed by atoms with van der Waals surface area (Å²) in [4.78, 5) is 12.5. The Bertz CT molecular complexity index is 1070. The van der Waals surface area contributed by atoms with Crippen LogP contribution >= 0.6 is 0 Å². The zero-order valence-electron chi connectivity index (χ0n) is 14.2. The summed E-state index contributed by atoms with van der Waals surface area (Å²) in [5, 5.41) is 1.08. The zero-order chi connectivity index (χ0) is 17.4. The van der Waals surface area contributed by atoms with Gasteiger partial charge in [-0.05, 0) is 48.9 Å². The molecule has 0 unspecified atom stereocenters. The van der Waals surface area contributed by atoms with Crippen molar-refractivity contribution in [3.63, 3.8) is 0 Å². The summed E-state index contributed by atoms with van der Waals surface area (Å²) in [5.74, 6) is 0.714. The molecule has 4 rings (SSSR count). The Hall–Kier alpha value is -3.01. The van der Waals surface area contributed by atoms with Gasteiger partial charge in [-0.2, -0.15) is 0 Å². The Morgan fingerprint density at radius 1 is 1.04 bits per heavy atom. The number of aryl methyl sites for hydroxylation is 2. The van der Waals surface area contributed by atoms with E-state index in [9.17, 15) is 4.39 Å². The molecule has 25 heavy (non-hydrogen) atoms. The number of nitrogens with zero attached hydrogens (tertiary/aromatic N) is 2. The van der Waals surface area contributed by atoms with Gasteiger partial charge in [0.1, 0.15) is 11.6 Å². The van der Waals surface area contributed by atoms with Crippen molar-refractivity contribution in [2.45, 2.75) is 20.3 Å². The Morgan fingerprint density at radius 3 is 2.68 bits per heavy atom. The molecule has 2 aromatic heterocycles. The van der Waals surface area contributed by atoms with Crippen LogP contribution in [-0.4, -0.2) is 15.0 Å². The van der Waals surface area contributed by atoms with E-state index >= 15 is 0 Å². The van der Waals surface area contributed by atoms with Crippen molar-refractivity contribution in [2.24, 2.45) is 0 Å². The number of nitrogens with one attached hydrogen (secondary N) is 1. The summed E-state index contributed by atoms with van der Waals surface area (Å²) in [5.41, 5.74) is 5.34. The molecule has 0 aliphatic rings. The van der Waals surface area contributed by atoms with Crippen molar-refractivity contribution < 1.29 is 4.39 Å². The van der Waals surface area contributed by atoms with Crippen LogP contribution in [0.25, 0.3) is 33.4 Å². The summed E-state index contributed by atoms with van der Waals surface area (Å²) in [6.07, 6.45) is 2.60. The first-order chi connectivity index (χ1) is 12.2. The highest BCUT2D eigenvalue weighted by Crippen LogP contribution is 2.32. The quantitative estimate of drug-likeness (QED) is 0.553. The molecule has 0 aliphatic carbocycles. The number of hydrogen-bond acceptors (Lipinski definition) is 2. The number of pyridine rings is 1. The minimum Gasteiger partial charge on any atom is -0.341 e. The lowest BCUT2D eigenvalue weighted by atomic mass is 10.0. The predicted octanol–water partition coefficient (Wildman–Crippen LogP) is 5.30. The van der Waals surface area contributed by atoms with Crippen molar-refractivity contribution in [3.05, 3.63) is 71.9 Å². The molecular formula is C21H18FN3. The molecule has 0 amide bonds. The molecule has 124 valence electrons. The van der Waals surface area contributed by atoms with Gasteiger partial charge in [-0.25, -0.2) is 9.37 Å². The topological polar surface area (TPSA) is 41.6 Å². The van der Waals surface area contributed by atoms with Gasteiger partial charge in [-0.15, -0.1) is 0 Å². The number of benzene rings is 2. The third-order valence-electron chi connectivity index (χ3n) is 4.41. The number of rotatable bonds is 3. The smallest absolute Gasteiger partial charge is 0.126 e. The normalized spacial score (nSPS) is 11.2. The third-order valence-corrected chi connectivity index (χ3v) is 4.41. The molecular weight excluding hydrogens is 313 g/mol. The van der Waals surface area contributed by atoms with Gasteiger partial charge in [0.15, 0.2) is 0 Å². The molecule has 0 saturated heterocycles. The molecule has 0 aliphatic heterocycles. The fourth-order valence-electron chi connectivity index (χ4n) is 3.03. The lowest BCUT2D eigenvalue weighted by molar-refractivity contribution is 0.619. The van der Waals surface area contributed by atoms with Crippen molar-refractivity contribution >= 4 is 10.9 Å². The number of hydrogen-bond donors (Lipinski definition) is 1. The van der Waals surface area contributed by atoms with Crippen LogP contribution in [0, 0.1) is 12.7 Å². The van der Waals surface area contributed by atoms with Crippen LogP contribution in [0.4, 0.5) is 4.39 Å². The lowest BCUT2D eigenvalue weighted by Crippen LogP contribution is -1.88. The summed E-state index contributed by atoms with van der Waals surface area (Å²) in [6, 6.07) is 15.3. The Balaban J connectivity index is 1.90. The monoisotopic (exact) mass is 331 g/mol. The van der Waals surface area contributed by atoms with E-state index in [2.05, 4.69) is 23.0 Å². The maximum Gasteiger partial charge on any atom is 0.126 e. The second-order valence-electron chi connectivity index (χ2n) is 6.14. The molecule has 0 spiro atoms. The molecule has 0 radical (unpaired) electrons.